The largest absolute Gasteiger partial charge is 0.392 e. The second-order valence-corrected chi connectivity index (χ2v) is 7.71. The van der Waals surface area contributed by atoms with Crippen LogP contribution in [0.3, 0.4) is 0 Å². The van der Waals surface area contributed by atoms with E-state index in [1.165, 1.54) is 0 Å². The lowest BCUT2D eigenvalue weighted by molar-refractivity contribution is 0.330. The Bertz CT molecular complexity index is 1090. The standard InChI is InChI=1S/C23H28N6O/c1-5-7-16(13-30)18(6-2)23(3,4)14-25-21-11-10-19(26-28-21)15-8-9-20-17(12-15)22(24)29-27-20/h5-12,30H,2,13-14H2,1,3-4H3,(H,25,28)(H3,24,27,29)/b7-5-,18-16-. The van der Waals surface area contributed by atoms with E-state index >= 15 is 0 Å². The average Bonchev–Trinajstić information content (AvgIpc) is 3.12. The van der Waals surface area contributed by atoms with Crippen LogP contribution >= 0.6 is 0 Å². The van der Waals surface area contributed by atoms with Gasteiger partial charge in [0, 0.05) is 22.9 Å². The lowest BCUT2D eigenvalue weighted by Crippen LogP contribution is -2.26. The van der Waals surface area contributed by atoms with Crippen LogP contribution in [0.4, 0.5) is 11.6 Å². The van der Waals surface area contributed by atoms with Crippen LogP contribution in [0, 0.1) is 5.41 Å². The van der Waals surface area contributed by atoms with Crippen molar-refractivity contribution in [3.05, 3.63) is 66.3 Å². The zero-order chi connectivity index (χ0) is 21.7. The van der Waals surface area contributed by atoms with Gasteiger partial charge in [-0.2, -0.15) is 5.10 Å². The highest BCUT2D eigenvalue weighted by molar-refractivity contribution is 5.91. The number of benzene rings is 1. The number of hydrogen-bond acceptors (Lipinski definition) is 6. The van der Waals surface area contributed by atoms with Crippen molar-refractivity contribution in [3.63, 3.8) is 0 Å². The molecular weight excluding hydrogens is 376 g/mol. The number of nitrogen functional groups attached to an aromatic ring is 1. The number of aromatic amines is 1. The van der Waals surface area contributed by atoms with E-state index in [0.29, 0.717) is 18.2 Å². The highest BCUT2D eigenvalue weighted by atomic mass is 16.3. The van der Waals surface area contributed by atoms with Crippen LogP contribution in [-0.4, -0.2) is 38.7 Å². The Morgan fingerprint density at radius 3 is 2.70 bits per heavy atom. The maximum absolute atomic E-state index is 9.70. The molecule has 0 unspecified atom stereocenters. The molecule has 0 aliphatic carbocycles. The quantitative estimate of drug-likeness (QED) is 0.421. The van der Waals surface area contributed by atoms with E-state index in [1.54, 1.807) is 6.08 Å². The molecule has 1 aromatic carbocycles. The average molecular weight is 405 g/mol. The summed E-state index contributed by atoms with van der Waals surface area (Å²) in [6.45, 7) is 10.6. The third-order valence-corrected chi connectivity index (χ3v) is 5.08. The van der Waals surface area contributed by atoms with Gasteiger partial charge in [0.05, 0.1) is 17.8 Å². The summed E-state index contributed by atoms with van der Waals surface area (Å²) in [5.41, 5.74) is 10.0. The van der Waals surface area contributed by atoms with Gasteiger partial charge in [-0.3, -0.25) is 5.10 Å². The fourth-order valence-corrected chi connectivity index (χ4v) is 3.45. The number of aliphatic hydroxyl groups is 1. The van der Waals surface area contributed by atoms with Gasteiger partial charge in [0.2, 0.25) is 0 Å². The minimum absolute atomic E-state index is 0.0326. The summed E-state index contributed by atoms with van der Waals surface area (Å²) in [5.74, 6) is 1.14. The summed E-state index contributed by atoms with van der Waals surface area (Å²) in [7, 11) is 0. The number of aliphatic hydroxyl groups excluding tert-OH is 1. The number of H-pyrrole nitrogens is 1. The normalized spacial score (nSPS) is 12.9. The van der Waals surface area contributed by atoms with Gasteiger partial charge in [0.25, 0.3) is 0 Å². The molecule has 0 amide bonds. The predicted octanol–water partition coefficient (Wildman–Crippen LogP) is 4.09. The highest BCUT2D eigenvalue weighted by Gasteiger charge is 2.23. The number of aromatic nitrogens is 4. The van der Waals surface area contributed by atoms with Crippen molar-refractivity contribution >= 4 is 22.5 Å². The van der Waals surface area contributed by atoms with E-state index in [2.05, 4.69) is 46.1 Å². The van der Waals surface area contributed by atoms with E-state index in [0.717, 1.165) is 33.3 Å². The predicted molar refractivity (Wildman–Crippen MR) is 123 cm³/mol. The first kappa shape index (κ1) is 21.3. The molecule has 0 saturated heterocycles. The van der Waals surface area contributed by atoms with E-state index in [-0.39, 0.29) is 12.0 Å². The fraction of sp³-hybridized carbons (Fsp3) is 0.261. The molecule has 5 N–H and O–H groups in total. The number of fused-ring (bicyclic) bond motifs is 1. The molecule has 0 radical (unpaired) electrons. The van der Waals surface area contributed by atoms with Crippen molar-refractivity contribution in [2.24, 2.45) is 5.41 Å². The summed E-state index contributed by atoms with van der Waals surface area (Å²) in [5, 5.41) is 29.5. The molecule has 3 aromatic rings. The highest BCUT2D eigenvalue weighted by Crippen LogP contribution is 2.31. The topological polar surface area (TPSA) is 113 Å². The monoisotopic (exact) mass is 404 g/mol. The van der Waals surface area contributed by atoms with Gasteiger partial charge in [-0.25, -0.2) is 0 Å². The van der Waals surface area contributed by atoms with Gasteiger partial charge in [-0.05, 0) is 42.3 Å². The molecule has 2 heterocycles. The molecule has 0 bridgehead atoms. The van der Waals surface area contributed by atoms with Crippen LogP contribution in [0.2, 0.25) is 0 Å². The molecule has 30 heavy (non-hydrogen) atoms. The van der Waals surface area contributed by atoms with Crippen molar-refractivity contribution in [1.29, 1.82) is 0 Å². The number of nitrogens with two attached hydrogens (primary N) is 1. The van der Waals surface area contributed by atoms with Crippen LogP contribution in [0.1, 0.15) is 20.8 Å². The Morgan fingerprint density at radius 2 is 2.07 bits per heavy atom. The van der Waals surface area contributed by atoms with Gasteiger partial charge in [0.1, 0.15) is 5.82 Å². The Morgan fingerprint density at radius 1 is 1.27 bits per heavy atom. The molecule has 7 nitrogen and oxygen atoms in total. The molecule has 0 atom stereocenters. The summed E-state index contributed by atoms with van der Waals surface area (Å²) < 4.78 is 0. The Labute approximate surface area is 176 Å². The molecule has 0 fully saturated rings. The molecule has 2 aromatic heterocycles. The minimum atomic E-state index is -0.260. The van der Waals surface area contributed by atoms with E-state index in [4.69, 9.17) is 5.73 Å². The van der Waals surface area contributed by atoms with E-state index in [9.17, 15) is 5.11 Å². The molecule has 0 spiro atoms. The molecule has 3 rings (SSSR count). The number of nitrogens with zero attached hydrogens (tertiary/aromatic N) is 3. The maximum Gasteiger partial charge on any atom is 0.153 e. The third kappa shape index (κ3) is 4.41. The minimum Gasteiger partial charge on any atom is -0.392 e. The number of anilines is 2. The Balaban J connectivity index is 1.76. The lowest BCUT2D eigenvalue weighted by Gasteiger charge is -2.28. The van der Waals surface area contributed by atoms with Crippen molar-refractivity contribution < 1.29 is 5.11 Å². The van der Waals surface area contributed by atoms with Crippen molar-refractivity contribution in [3.8, 4) is 11.3 Å². The second kappa shape index (κ2) is 8.92. The van der Waals surface area contributed by atoms with Crippen LogP contribution in [0.25, 0.3) is 22.2 Å². The number of allylic oxidation sites excluding steroid dienone is 2. The van der Waals surface area contributed by atoms with Crippen LogP contribution < -0.4 is 11.1 Å². The zero-order valence-corrected chi connectivity index (χ0v) is 17.6. The molecule has 0 saturated carbocycles. The number of nitrogens with one attached hydrogen (secondary N) is 2. The Kier molecular flexibility index (Phi) is 6.32. The van der Waals surface area contributed by atoms with E-state index in [1.807, 2.05) is 49.4 Å². The number of rotatable bonds is 8. The first-order chi connectivity index (χ1) is 14.4. The summed E-state index contributed by atoms with van der Waals surface area (Å²) in [4.78, 5) is 0. The molecular formula is C23H28N6O. The zero-order valence-electron chi connectivity index (χ0n) is 17.6. The van der Waals surface area contributed by atoms with Crippen molar-refractivity contribution in [2.75, 3.05) is 24.2 Å². The van der Waals surface area contributed by atoms with Crippen molar-refractivity contribution in [2.45, 2.75) is 20.8 Å². The molecule has 0 aliphatic heterocycles. The van der Waals surface area contributed by atoms with Gasteiger partial charge in [-0.1, -0.05) is 44.7 Å². The van der Waals surface area contributed by atoms with Gasteiger partial charge in [-0.15, -0.1) is 10.2 Å². The summed E-state index contributed by atoms with van der Waals surface area (Å²) in [6.07, 6.45) is 5.63. The van der Waals surface area contributed by atoms with Gasteiger partial charge in [0.15, 0.2) is 5.82 Å². The van der Waals surface area contributed by atoms with Crippen molar-refractivity contribution in [1.82, 2.24) is 20.4 Å². The first-order valence-corrected chi connectivity index (χ1v) is 9.80. The van der Waals surface area contributed by atoms with E-state index < -0.39 is 0 Å². The lowest BCUT2D eigenvalue weighted by atomic mass is 9.81. The Hall–Kier alpha value is -3.45. The SMILES string of the molecule is C=C/C(=C(\C=C/C)CO)C(C)(C)CNc1ccc(-c2ccc3[nH]nc(N)c3c2)nn1. The summed E-state index contributed by atoms with van der Waals surface area (Å²) >= 11 is 0. The molecule has 7 heteroatoms. The molecule has 0 aliphatic rings. The van der Waals surface area contributed by atoms with Crippen LogP contribution in [-0.2, 0) is 0 Å². The van der Waals surface area contributed by atoms with Gasteiger partial charge >= 0.3 is 0 Å². The van der Waals surface area contributed by atoms with Crippen LogP contribution in [0.15, 0.2) is 66.3 Å². The molecule has 156 valence electrons. The second-order valence-electron chi connectivity index (χ2n) is 7.71. The fourth-order valence-electron chi connectivity index (χ4n) is 3.45. The number of hydrogen-bond donors (Lipinski definition) is 4. The maximum atomic E-state index is 9.70. The van der Waals surface area contributed by atoms with Gasteiger partial charge < -0.3 is 16.2 Å². The smallest absolute Gasteiger partial charge is 0.153 e. The third-order valence-electron chi connectivity index (χ3n) is 5.08. The first-order valence-electron chi connectivity index (χ1n) is 9.80. The summed E-state index contributed by atoms with van der Waals surface area (Å²) in [6, 6.07) is 9.66. The van der Waals surface area contributed by atoms with Crippen LogP contribution in [0.5, 0.6) is 0 Å².